The molecule has 1 aromatic rings. The summed E-state index contributed by atoms with van der Waals surface area (Å²) in [7, 11) is 0. The highest BCUT2D eigenvalue weighted by atomic mass is 16.2. The lowest BCUT2D eigenvalue weighted by Gasteiger charge is -2.09. The molecule has 86 valence electrons. The third-order valence-electron chi connectivity index (χ3n) is 2.12. The Morgan fingerprint density at radius 3 is 2.56 bits per heavy atom. The van der Waals surface area contributed by atoms with Crippen molar-refractivity contribution >= 4 is 17.4 Å². The Hall–Kier alpha value is -1.84. The van der Waals surface area contributed by atoms with E-state index in [9.17, 15) is 9.59 Å². The Morgan fingerprint density at radius 2 is 1.94 bits per heavy atom. The fourth-order valence-corrected chi connectivity index (χ4v) is 1.38. The van der Waals surface area contributed by atoms with E-state index in [1.165, 1.54) is 6.92 Å². The zero-order valence-corrected chi connectivity index (χ0v) is 9.54. The number of benzene rings is 1. The number of Topliss-reactive ketones (excluding diaryl/α,β-unsaturated/α-hetero) is 1. The van der Waals surface area contributed by atoms with E-state index in [2.05, 4.69) is 10.6 Å². The zero-order valence-electron chi connectivity index (χ0n) is 9.54. The molecule has 0 heterocycles. The largest absolute Gasteiger partial charge is 0.376 e. The zero-order chi connectivity index (χ0) is 12.0. The van der Waals surface area contributed by atoms with Crippen LogP contribution >= 0.6 is 0 Å². The highest BCUT2D eigenvalue weighted by Gasteiger charge is 2.06. The first kappa shape index (κ1) is 12.2. The van der Waals surface area contributed by atoms with Crippen LogP contribution in [-0.4, -0.2) is 24.8 Å². The first-order chi connectivity index (χ1) is 7.65. The van der Waals surface area contributed by atoms with Gasteiger partial charge in [0.2, 0.25) is 5.91 Å². The van der Waals surface area contributed by atoms with Crippen molar-refractivity contribution in [2.75, 3.05) is 18.4 Å². The molecule has 0 saturated heterocycles. The van der Waals surface area contributed by atoms with Crippen molar-refractivity contribution < 1.29 is 9.59 Å². The van der Waals surface area contributed by atoms with Crippen LogP contribution in [0.2, 0.25) is 0 Å². The molecular weight excluding hydrogens is 204 g/mol. The number of para-hydroxylation sites is 1. The topological polar surface area (TPSA) is 58.2 Å². The van der Waals surface area contributed by atoms with Gasteiger partial charge in [0, 0.05) is 17.8 Å². The van der Waals surface area contributed by atoms with Gasteiger partial charge in [0.1, 0.15) is 0 Å². The second kappa shape index (κ2) is 5.90. The van der Waals surface area contributed by atoms with Gasteiger partial charge in [0.05, 0.1) is 6.54 Å². The van der Waals surface area contributed by atoms with Crippen molar-refractivity contribution in [3.05, 3.63) is 29.8 Å². The van der Waals surface area contributed by atoms with Gasteiger partial charge in [-0.25, -0.2) is 0 Å². The molecule has 0 unspecified atom stereocenters. The van der Waals surface area contributed by atoms with Crippen molar-refractivity contribution in [1.29, 1.82) is 0 Å². The molecule has 0 bridgehead atoms. The van der Waals surface area contributed by atoms with Crippen molar-refractivity contribution in [3.63, 3.8) is 0 Å². The van der Waals surface area contributed by atoms with Gasteiger partial charge in [-0.3, -0.25) is 9.59 Å². The maximum absolute atomic E-state index is 11.3. The average Bonchev–Trinajstić information content (AvgIpc) is 2.27. The van der Waals surface area contributed by atoms with Crippen molar-refractivity contribution in [2.24, 2.45) is 0 Å². The lowest BCUT2D eigenvalue weighted by Crippen LogP contribution is -2.29. The molecule has 0 atom stereocenters. The molecule has 4 heteroatoms. The Morgan fingerprint density at radius 1 is 1.25 bits per heavy atom. The highest BCUT2D eigenvalue weighted by molar-refractivity contribution is 5.99. The minimum Gasteiger partial charge on any atom is -0.376 e. The lowest BCUT2D eigenvalue weighted by molar-refractivity contribution is -0.119. The molecule has 0 spiro atoms. The van der Waals surface area contributed by atoms with E-state index in [0.717, 1.165) is 0 Å². The third kappa shape index (κ3) is 3.38. The number of carbonyl (C=O) groups is 2. The number of anilines is 1. The number of hydrogen-bond acceptors (Lipinski definition) is 3. The van der Waals surface area contributed by atoms with E-state index >= 15 is 0 Å². The number of carbonyl (C=O) groups excluding carboxylic acids is 2. The van der Waals surface area contributed by atoms with Crippen LogP contribution in [0.5, 0.6) is 0 Å². The number of likely N-dealkylation sites (N-methyl/N-ethyl adjacent to an activating group) is 1. The minimum absolute atomic E-state index is 0.0148. The summed E-state index contributed by atoms with van der Waals surface area (Å²) >= 11 is 0. The van der Waals surface area contributed by atoms with Crippen LogP contribution in [-0.2, 0) is 4.79 Å². The number of hydrogen-bond donors (Lipinski definition) is 2. The molecule has 0 saturated carbocycles. The summed E-state index contributed by atoms with van der Waals surface area (Å²) in [6, 6.07) is 7.15. The smallest absolute Gasteiger partial charge is 0.239 e. The SMILES string of the molecule is CCNC(=O)CNc1ccccc1C(C)=O. The molecule has 0 aromatic heterocycles. The molecule has 0 radical (unpaired) electrons. The van der Waals surface area contributed by atoms with Gasteiger partial charge in [0.15, 0.2) is 5.78 Å². The predicted molar refractivity (Wildman–Crippen MR) is 63.6 cm³/mol. The number of nitrogens with one attached hydrogen (secondary N) is 2. The molecule has 0 fully saturated rings. The van der Waals surface area contributed by atoms with Gasteiger partial charge in [-0.05, 0) is 26.0 Å². The Bertz CT molecular complexity index is 388. The molecular formula is C12H16N2O2. The average molecular weight is 220 g/mol. The van der Waals surface area contributed by atoms with Gasteiger partial charge in [-0.2, -0.15) is 0 Å². The maximum atomic E-state index is 11.3. The van der Waals surface area contributed by atoms with E-state index in [4.69, 9.17) is 0 Å². The molecule has 16 heavy (non-hydrogen) atoms. The summed E-state index contributed by atoms with van der Waals surface area (Å²) in [5, 5.41) is 5.62. The van der Waals surface area contributed by atoms with E-state index in [0.29, 0.717) is 17.8 Å². The molecule has 0 aliphatic heterocycles. The molecule has 1 rings (SSSR count). The van der Waals surface area contributed by atoms with Gasteiger partial charge in [-0.1, -0.05) is 12.1 Å². The van der Waals surface area contributed by atoms with Crippen LogP contribution in [0.1, 0.15) is 24.2 Å². The number of amides is 1. The monoisotopic (exact) mass is 220 g/mol. The van der Waals surface area contributed by atoms with Crippen LogP contribution in [0.15, 0.2) is 24.3 Å². The van der Waals surface area contributed by atoms with Gasteiger partial charge >= 0.3 is 0 Å². The van der Waals surface area contributed by atoms with E-state index in [1.54, 1.807) is 18.2 Å². The lowest BCUT2D eigenvalue weighted by atomic mass is 10.1. The van der Waals surface area contributed by atoms with Crippen molar-refractivity contribution in [3.8, 4) is 0 Å². The third-order valence-corrected chi connectivity index (χ3v) is 2.12. The van der Waals surface area contributed by atoms with Crippen LogP contribution in [0.3, 0.4) is 0 Å². The molecule has 2 N–H and O–H groups in total. The molecule has 4 nitrogen and oxygen atoms in total. The molecule has 1 aromatic carbocycles. The number of ketones is 1. The Balaban J connectivity index is 2.66. The normalized spacial score (nSPS) is 9.62. The van der Waals surface area contributed by atoms with Crippen LogP contribution in [0.4, 0.5) is 5.69 Å². The van der Waals surface area contributed by atoms with Crippen LogP contribution in [0.25, 0.3) is 0 Å². The molecule has 0 aliphatic carbocycles. The summed E-state index contributed by atoms with van der Waals surface area (Å²) in [6.07, 6.45) is 0. The predicted octanol–water partition coefficient (Wildman–Crippen LogP) is 1.44. The summed E-state index contributed by atoms with van der Waals surface area (Å²) in [5.41, 5.74) is 1.30. The van der Waals surface area contributed by atoms with E-state index in [1.807, 2.05) is 13.0 Å². The fraction of sp³-hybridized carbons (Fsp3) is 0.333. The minimum atomic E-state index is -0.0825. The summed E-state index contributed by atoms with van der Waals surface area (Å²) in [6.45, 7) is 4.15. The quantitative estimate of drug-likeness (QED) is 0.738. The van der Waals surface area contributed by atoms with Crippen LogP contribution in [0, 0.1) is 0 Å². The molecule has 0 aliphatic rings. The van der Waals surface area contributed by atoms with E-state index < -0.39 is 0 Å². The standard InChI is InChI=1S/C12H16N2O2/c1-3-13-12(16)8-14-11-7-5-4-6-10(11)9(2)15/h4-7,14H,3,8H2,1-2H3,(H,13,16). The van der Waals surface area contributed by atoms with Crippen LogP contribution < -0.4 is 10.6 Å². The highest BCUT2D eigenvalue weighted by Crippen LogP contribution is 2.14. The second-order valence-electron chi connectivity index (χ2n) is 3.41. The van der Waals surface area contributed by atoms with Gasteiger partial charge < -0.3 is 10.6 Å². The summed E-state index contributed by atoms with van der Waals surface area (Å²) in [4.78, 5) is 22.5. The first-order valence-electron chi connectivity index (χ1n) is 5.25. The van der Waals surface area contributed by atoms with Gasteiger partial charge in [0.25, 0.3) is 0 Å². The van der Waals surface area contributed by atoms with Crippen molar-refractivity contribution in [2.45, 2.75) is 13.8 Å². The second-order valence-corrected chi connectivity index (χ2v) is 3.41. The fourth-order valence-electron chi connectivity index (χ4n) is 1.38. The molecule has 1 amide bonds. The van der Waals surface area contributed by atoms with E-state index in [-0.39, 0.29) is 18.2 Å². The Kier molecular flexibility index (Phi) is 4.51. The summed E-state index contributed by atoms with van der Waals surface area (Å²) in [5.74, 6) is -0.0974. The Labute approximate surface area is 95.0 Å². The number of rotatable bonds is 5. The first-order valence-corrected chi connectivity index (χ1v) is 5.25. The van der Waals surface area contributed by atoms with Gasteiger partial charge in [-0.15, -0.1) is 0 Å². The maximum Gasteiger partial charge on any atom is 0.239 e. The summed E-state index contributed by atoms with van der Waals surface area (Å²) < 4.78 is 0. The van der Waals surface area contributed by atoms with Crippen molar-refractivity contribution in [1.82, 2.24) is 5.32 Å².